The summed E-state index contributed by atoms with van der Waals surface area (Å²) in [7, 11) is 0. The Kier molecular flexibility index (Phi) is 5.34. The van der Waals surface area contributed by atoms with Crippen molar-refractivity contribution in [1.29, 1.82) is 0 Å². The third-order valence-corrected chi connectivity index (χ3v) is 3.57. The van der Waals surface area contributed by atoms with Gasteiger partial charge in [0.25, 0.3) is 0 Å². The quantitative estimate of drug-likeness (QED) is 0.845. The molecule has 6 heteroatoms. The zero-order valence-electron chi connectivity index (χ0n) is 11.5. The standard InChI is InChI=1S/C14H19ClFN3O/c1-2-5-19(11-7-17-8-11)9-14(20)18-13-4-3-10(15)6-12(13)16/h3-4,6,11,17H,2,5,7-9H2,1H3,(H,18,20). The van der Waals surface area contributed by atoms with E-state index in [9.17, 15) is 9.18 Å². The highest BCUT2D eigenvalue weighted by Gasteiger charge is 2.25. The second kappa shape index (κ2) is 7.02. The summed E-state index contributed by atoms with van der Waals surface area (Å²) in [5, 5.41) is 6.10. The van der Waals surface area contributed by atoms with Gasteiger partial charge in [-0.1, -0.05) is 18.5 Å². The Hall–Kier alpha value is -1.17. The van der Waals surface area contributed by atoms with Crippen molar-refractivity contribution in [2.24, 2.45) is 0 Å². The van der Waals surface area contributed by atoms with Gasteiger partial charge in [-0.05, 0) is 31.2 Å². The highest BCUT2D eigenvalue weighted by atomic mass is 35.5. The smallest absolute Gasteiger partial charge is 0.238 e. The van der Waals surface area contributed by atoms with Gasteiger partial charge in [-0.2, -0.15) is 0 Å². The van der Waals surface area contributed by atoms with E-state index in [1.807, 2.05) is 0 Å². The van der Waals surface area contributed by atoms with E-state index in [-0.39, 0.29) is 18.1 Å². The molecule has 0 unspecified atom stereocenters. The maximum Gasteiger partial charge on any atom is 0.238 e. The molecule has 0 aliphatic carbocycles. The Morgan fingerprint density at radius 2 is 2.30 bits per heavy atom. The largest absolute Gasteiger partial charge is 0.322 e. The van der Waals surface area contributed by atoms with Crippen LogP contribution in [0, 0.1) is 5.82 Å². The number of anilines is 1. The number of carbonyl (C=O) groups excluding carboxylic acids is 1. The molecule has 1 aromatic carbocycles. The molecule has 0 aromatic heterocycles. The van der Waals surface area contributed by atoms with E-state index in [2.05, 4.69) is 22.5 Å². The van der Waals surface area contributed by atoms with Crippen LogP contribution in [0.15, 0.2) is 18.2 Å². The molecule has 1 aromatic rings. The molecule has 0 saturated carbocycles. The lowest BCUT2D eigenvalue weighted by Gasteiger charge is -2.37. The number of nitrogens with zero attached hydrogens (tertiary/aromatic N) is 1. The second-order valence-corrected chi connectivity index (χ2v) is 5.39. The zero-order chi connectivity index (χ0) is 14.5. The van der Waals surface area contributed by atoms with Crippen molar-refractivity contribution in [3.8, 4) is 0 Å². The van der Waals surface area contributed by atoms with Gasteiger partial charge in [0.05, 0.1) is 12.2 Å². The number of carbonyl (C=O) groups is 1. The number of benzene rings is 1. The first-order valence-electron chi connectivity index (χ1n) is 6.80. The van der Waals surface area contributed by atoms with Gasteiger partial charge < -0.3 is 10.6 Å². The molecule has 1 fully saturated rings. The van der Waals surface area contributed by atoms with Gasteiger partial charge in [-0.25, -0.2) is 4.39 Å². The highest BCUT2D eigenvalue weighted by Crippen LogP contribution is 2.19. The maximum absolute atomic E-state index is 13.6. The Morgan fingerprint density at radius 3 is 2.85 bits per heavy atom. The molecular weight excluding hydrogens is 281 g/mol. The van der Waals surface area contributed by atoms with Gasteiger partial charge in [0.2, 0.25) is 5.91 Å². The van der Waals surface area contributed by atoms with Crippen molar-refractivity contribution >= 4 is 23.2 Å². The Bertz CT molecular complexity index is 479. The molecule has 1 aliphatic heterocycles. The fourth-order valence-electron chi connectivity index (χ4n) is 2.17. The minimum atomic E-state index is -0.516. The lowest BCUT2D eigenvalue weighted by atomic mass is 10.1. The summed E-state index contributed by atoms with van der Waals surface area (Å²) in [4.78, 5) is 14.1. The van der Waals surface area contributed by atoms with E-state index in [1.165, 1.54) is 12.1 Å². The second-order valence-electron chi connectivity index (χ2n) is 4.95. The van der Waals surface area contributed by atoms with Gasteiger partial charge in [0, 0.05) is 24.2 Å². The van der Waals surface area contributed by atoms with Crippen molar-refractivity contribution in [1.82, 2.24) is 10.2 Å². The highest BCUT2D eigenvalue weighted by molar-refractivity contribution is 6.30. The molecule has 1 amide bonds. The third kappa shape index (κ3) is 3.91. The van der Waals surface area contributed by atoms with Crippen LogP contribution in [-0.4, -0.2) is 43.0 Å². The molecule has 2 rings (SSSR count). The normalized spacial score (nSPS) is 15.2. The van der Waals surface area contributed by atoms with Crippen LogP contribution in [0.4, 0.5) is 10.1 Å². The average molecular weight is 300 g/mol. The zero-order valence-corrected chi connectivity index (χ0v) is 12.2. The number of amides is 1. The Labute approximate surface area is 123 Å². The Morgan fingerprint density at radius 1 is 1.55 bits per heavy atom. The van der Waals surface area contributed by atoms with E-state index < -0.39 is 5.82 Å². The van der Waals surface area contributed by atoms with Gasteiger partial charge in [0.1, 0.15) is 5.82 Å². The van der Waals surface area contributed by atoms with Crippen molar-refractivity contribution < 1.29 is 9.18 Å². The molecule has 0 radical (unpaired) electrons. The van der Waals surface area contributed by atoms with Crippen LogP contribution in [0.5, 0.6) is 0 Å². The SMILES string of the molecule is CCCN(CC(=O)Nc1ccc(Cl)cc1F)C1CNC1. The number of rotatable bonds is 6. The lowest BCUT2D eigenvalue weighted by molar-refractivity contribution is -0.118. The third-order valence-electron chi connectivity index (χ3n) is 3.34. The predicted molar refractivity (Wildman–Crippen MR) is 78.6 cm³/mol. The van der Waals surface area contributed by atoms with E-state index in [4.69, 9.17) is 11.6 Å². The molecule has 2 N–H and O–H groups in total. The molecule has 20 heavy (non-hydrogen) atoms. The molecule has 0 spiro atoms. The van der Waals surface area contributed by atoms with E-state index in [0.29, 0.717) is 11.1 Å². The summed E-state index contributed by atoms with van der Waals surface area (Å²) in [5.74, 6) is -0.718. The molecular formula is C14H19ClFN3O. The van der Waals surface area contributed by atoms with E-state index in [1.54, 1.807) is 6.07 Å². The topological polar surface area (TPSA) is 44.4 Å². The average Bonchev–Trinajstić information content (AvgIpc) is 2.31. The molecule has 0 atom stereocenters. The van der Waals surface area contributed by atoms with Crippen molar-refractivity contribution in [3.63, 3.8) is 0 Å². The predicted octanol–water partition coefficient (Wildman–Crippen LogP) is 2.10. The van der Waals surface area contributed by atoms with Crippen LogP contribution < -0.4 is 10.6 Å². The fourth-order valence-corrected chi connectivity index (χ4v) is 2.33. The Balaban J connectivity index is 1.93. The van der Waals surface area contributed by atoms with Gasteiger partial charge >= 0.3 is 0 Å². The summed E-state index contributed by atoms with van der Waals surface area (Å²) in [5.41, 5.74) is 0.169. The fraction of sp³-hybridized carbons (Fsp3) is 0.500. The van der Waals surface area contributed by atoms with Crippen LogP contribution in [-0.2, 0) is 4.79 Å². The number of halogens is 2. The first kappa shape index (κ1) is 15.2. The molecule has 0 bridgehead atoms. The molecule has 110 valence electrons. The molecule has 1 saturated heterocycles. The number of nitrogens with one attached hydrogen (secondary N) is 2. The van der Waals surface area contributed by atoms with Gasteiger partial charge in [-0.15, -0.1) is 0 Å². The van der Waals surface area contributed by atoms with Crippen LogP contribution in [0.25, 0.3) is 0 Å². The van der Waals surface area contributed by atoms with Crippen LogP contribution in [0.1, 0.15) is 13.3 Å². The van der Waals surface area contributed by atoms with Crippen LogP contribution in [0.3, 0.4) is 0 Å². The minimum absolute atomic E-state index is 0.169. The van der Waals surface area contributed by atoms with Gasteiger partial charge in [0.15, 0.2) is 0 Å². The van der Waals surface area contributed by atoms with E-state index in [0.717, 1.165) is 26.1 Å². The first-order chi connectivity index (χ1) is 9.60. The maximum atomic E-state index is 13.6. The van der Waals surface area contributed by atoms with E-state index >= 15 is 0 Å². The van der Waals surface area contributed by atoms with Crippen LogP contribution in [0.2, 0.25) is 5.02 Å². The molecule has 4 nitrogen and oxygen atoms in total. The molecule has 1 aliphatic rings. The lowest BCUT2D eigenvalue weighted by Crippen LogP contribution is -2.58. The summed E-state index contributed by atoms with van der Waals surface area (Å²) in [6.45, 7) is 5.03. The summed E-state index contributed by atoms with van der Waals surface area (Å²) < 4.78 is 13.6. The summed E-state index contributed by atoms with van der Waals surface area (Å²) in [6.07, 6.45) is 0.985. The first-order valence-corrected chi connectivity index (χ1v) is 7.17. The summed E-state index contributed by atoms with van der Waals surface area (Å²) in [6, 6.07) is 4.62. The van der Waals surface area contributed by atoms with Crippen molar-refractivity contribution in [3.05, 3.63) is 29.0 Å². The van der Waals surface area contributed by atoms with Crippen molar-refractivity contribution in [2.45, 2.75) is 19.4 Å². The minimum Gasteiger partial charge on any atom is -0.322 e. The summed E-state index contributed by atoms with van der Waals surface area (Å²) >= 11 is 5.68. The van der Waals surface area contributed by atoms with Crippen molar-refractivity contribution in [2.75, 3.05) is 31.5 Å². The number of hydrogen-bond acceptors (Lipinski definition) is 3. The number of hydrogen-bond donors (Lipinski definition) is 2. The molecule has 1 heterocycles. The van der Waals surface area contributed by atoms with Crippen LogP contribution >= 0.6 is 11.6 Å². The monoisotopic (exact) mass is 299 g/mol. The van der Waals surface area contributed by atoms with Gasteiger partial charge in [-0.3, -0.25) is 9.69 Å².